The lowest BCUT2D eigenvalue weighted by molar-refractivity contribution is -0.122. The number of nitrogens with two attached hydrogens (primary N) is 1. The van der Waals surface area contributed by atoms with Gasteiger partial charge in [0.2, 0.25) is 11.9 Å². The summed E-state index contributed by atoms with van der Waals surface area (Å²) in [6.07, 6.45) is 3.81. The number of carbonyl (C=O) groups excluding carboxylic acids is 1. The third kappa shape index (κ3) is 5.29. The van der Waals surface area contributed by atoms with Crippen LogP contribution in [0.15, 0.2) is 24.3 Å². The quantitative estimate of drug-likeness (QED) is 0.660. The lowest BCUT2D eigenvalue weighted by Gasteiger charge is -2.26. The van der Waals surface area contributed by atoms with E-state index in [4.69, 9.17) is 10.7 Å². The molecule has 1 heterocycles. The van der Waals surface area contributed by atoms with Crippen LogP contribution in [0.2, 0.25) is 0 Å². The topological polar surface area (TPSA) is 96.2 Å². The average molecular weight is 371 g/mol. The molecule has 3 rings (SSSR count). The van der Waals surface area contributed by atoms with Gasteiger partial charge in [0.1, 0.15) is 5.82 Å². The van der Waals surface area contributed by atoms with Crippen LogP contribution in [0.3, 0.4) is 0 Å². The molecule has 7 heteroatoms. The first-order chi connectivity index (χ1) is 13.0. The number of amides is 1. The number of likely N-dealkylation sites (N-methyl/N-ethyl adjacent to an activating group) is 1. The molecule has 7 nitrogen and oxygen atoms in total. The molecule has 1 aliphatic carbocycles. The molecular formula is C20H30N6O. The van der Waals surface area contributed by atoms with E-state index in [2.05, 4.69) is 34.6 Å². The number of primary amides is 1. The summed E-state index contributed by atoms with van der Waals surface area (Å²) in [6.45, 7) is 2.58. The summed E-state index contributed by atoms with van der Waals surface area (Å²) in [6, 6.07) is 8.06. The first kappa shape index (κ1) is 19.4. The van der Waals surface area contributed by atoms with Crippen LogP contribution in [0.4, 0.5) is 11.8 Å². The minimum absolute atomic E-state index is 0.0469. The number of anilines is 2. The van der Waals surface area contributed by atoms with Gasteiger partial charge in [-0.15, -0.1) is 0 Å². The second-order valence-corrected chi connectivity index (χ2v) is 7.64. The number of hydrogen-bond donors (Lipinski definition) is 3. The van der Waals surface area contributed by atoms with Crippen molar-refractivity contribution in [2.75, 3.05) is 44.4 Å². The van der Waals surface area contributed by atoms with Gasteiger partial charge in [0.15, 0.2) is 0 Å². The van der Waals surface area contributed by atoms with Crippen molar-refractivity contribution >= 4 is 28.6 Å². The van der Waals surface area contributed by atoms with Crippen LogP contribution < -0.4 is 16.4 Å². The molecule has 0 atom stereocenters. The molecule has 0 saturated heterocycles. The predicted octanol–water partition coefficient (Wildman–Crippen LogP) is 2.31. The SMILES string of the molecule is CN(C)CCNc1nc(NCC2CCC(C(N)=O)CC2)nc2ccccc12. The fraction of sp³-hybridized carbons (Fsp3) is 0.550. The Kier molecular flexibility index (Phi) is 6.45. The fourth-order valence-electron chi connectivity index (χ4n) is 3.58. The second-order valence-electron chi connectivity index (χ2n) is 7.64. The van der Waals surface area contributed by atoms with Crippen molar-refractivity contribution in [2.45, 2.75) is 25.7 Å². The highest BCUT2D eigenvalue weighted by molar-refractivity contribution is 5.90. The summed E-state index contributed by atoms with van der Waals surface area (Å²) in [4.78, 5) is 22.8. The number of aromatic nitrogens is 2. The highest BCUT2D eigenvalue weighted by Crippen LogP contribution is 2.29. The fourth-order valence-corrected chi connectivity index (χ4v) is 3.58. The van der Waals surface area contributed by atoms with E-state index in [1.165, 1.54) is 0 Å². The Bertz CT molecular complexity index is 770. The standard InChI is InChI=1S/C20H30N6O/c1-26(2)12-11-22-19-16-5-3-4-6-17(16)24-20(25-19)23-13-14-7-9-15(10-8-14)18(21)27/h3-6,14-15H,7-13H2,1-2H3,(H2,21,27)(H2,22,23,24,25). The molecule has 1 aliphatic rings. The minimum atomic E-state index is -0.160. The van der Waals surface area contributed by atoms with Crippen molar-refractivity contribution < 1.29 is 4.79 Å². The number of nitrogens with zero attached hydrogens (tertiary/aromatic N) is 3. The maximum atomic E-state index is 11.3. The Morgan fingerprint density at radius 1 is 1.15 bits per heavy atom. The van der Waals surface area contributed by atoms with Gasteiger partial charge in [-0.25, -0.2) is 4.98 Å². The normalized spacial score (nSPS) is 20.0. The van der Waals surface area contributed by atoms with E-state index in [0.717, 1.165) is 62.0 Å². The van der Waals surface area contributed by atoms with Gasteiger partial charge in [-0.2, -0.15) is 4.98 Å². The summed E-state index contributed by atoms with van der Waals surface area (Å²) in [5.41, 5.74) is 6.35. The van der Waals surface area contributed by atoms with Gasteiger partial charge in [0, 0.05) is 30.9 Å². The Balaban J connectivity index is 1.65. The number of nitrogens with one attached hydrogen (secondary N) is 2. The van der Waals surface area contributed by atoms with E-state index in [1.807, 2.05) is 24.3 Å². The Hall–Kier alpha value is -2.41. The molecule has 1 amide bonds. The van der Waals surface area contributed by atoms with E-state index in [9.17, 15) is 4.79 Å². The van der Waals surface area contributed by atoms with E-state index in [0.29, 0.717) is 11.9 Å². The van der Waals surface area contributed by atoms with Gasteiger partial charge in [-0.05, 0) is 57.8 Å². The molecule has 1 fully saturated rings. The smallest absolute Gasteiger partial charge is 0.225 e. The highest BCUT2D eigenvalue weighted by Gasteiger charge is 2.24. The molecule has 0 radical (unpaired) electrons. The lowest BCUT2D eigenvalue weighted by Crippen LogP contribution is -2.29. The summed E-state index contributed by atoms with van der Waals surface area (Å²) in [7, 11) is 4.11. The minimum Gasteiger partial charge on any atom is -0.369 e. The Morgan fingerprint density at radius 2 is 1.89 bits per heavy atom. The van der Waals surface area contributed by atoms with Gasteiger partial charge >= 0.3 is 0 Å². The summed E-state index contributed by atoms with van der Waals surface area (Å²) in [5.74, 6) is 1.93. The monoisotopic (exact) mass is 370 g/mol. The number of benzene rings is 1. The van der Waals surface area contributed by atoms with Crippen molar-refractivity contribution in [1.82, 2.24) is 14.9 Å². The maximum Gasteiger partial charge on any atom is 0.225 e. The third-order valence-corrected chi connectivity index (χ3v) is 5.25. The van der Waals surface area contributed by atoms with Crippen LogP contribution in [0, 0.1) is 11.8 Å². The zero-order valence-corrected chi connectivity index (χ0v) is 16.2. The summed E-state index contributed by atoms with van der Waals surface area (Å²) < 4.78 is 0. The summed E-state index contributed by atoms with van der Waals surface area (Å²) in [5, 5.41) is 7.86. The van der Waals surface area contributed by atoms with E-state index in [1.54, 1.807) is 0 Å². The van der Waals surface area contributed by atoms with Crippen LogP contribution in [0.1, 0.15) is 25.7 Å². The molecule has 4 N–H and O–H groups in total. The van der Waals surface area contributed by atoms with Gasteiger partial charge in [0.25, 0.3) is 0 Å². The van der Waals surface area contributed by atoms with Crippen LogP contribution >= 0.6 is 0 Å². The van der Waals surface area contributed by atoms with Crippen LogP contribution in [0.5, 0.6) is 0 Å². The molecular weight excluding hydrogens is 340 g/mol. The van der Waals surface area contributed by atoms with Crippen molar-refractivity contribution in [2.24, 2.45) is 17.6 Å². The second kappa shape index (κ2) is 8.99. The molecule has 0 spiro atoms. The van der Waals surface area contributed by atoms with Crippen molar-refractivity contribution in [3.63, 3.8) is 0 Å². The first-order valence-electron chi connectivity index (χ1n) is 9.71. The first-order valence-corrected chi connectivity index (χ1v) is 9.71. The number of hydrogen-bond acceptors (Lipinski definition) is 6. The predicted molar refractivity (Wildman–Crippen MR) is 110 cm³/mol. The van der Waals surface area contributed by atoms with Gasteiger partial charge in [-0.1, -0.05) is 12.1 Å². The number of rotatable bonds is 8. The molecule has 1 aromatic carbocycles. The lowest BCUT2D eigenvalue weighted by atomic mass is 9.82. The van der Waals surface area contributed by atoms with Crippen molar-refractivity contribution in [3.8, 4) is 0 Å². The Labute approximate surface area is 160 Å². The number of carbonyl (C=O) groups is 1. The molecule has 146 valence electrons. The van der Waals surface area contributed by atoms with Crippen molar-refractivity contribution in [1.29, 1.82) is 0 Å². The molecule has 1 aromatic heterocycles. The molecule has 1 saturated carbocycles. The molecule has 0 bridgehead atoms. The van der Waals surface area contributed by atoms with E-state index in [-0.39, 0.29) is 11.8 Å². The van der Waals surface area contributed by atoms with Gasteiger partial charge < -0.3 is 21.3 Å². The largest absolute Gasteiger partial charge is 0.369 e. The molecule has 0 unspecified atom stereocenters. The van der Waals surface area contributed by atoms with Gasteiger partial charge in [-0.3, -0.25) is 4.79 Å². The zero-order chi connectivity index (χ0) is 19.2. The molecule has 2 aromatic rings. The highest BCUT2D eigenvalue weighted by atomic mass is 16.1. The third-order valence-electron chi connectivity index (χ3n) is 5.25. The van der Waals surface area contributed by atoms with Crippen molar-refractivity contribution in [3.05, 3.63) is 24.3 Å². The molecule has 0 aliphatic heterocycles. The van der Waals surface area contributed by atoms with Crippen LogP contribution in [-0.4, -0.2) is 54.5 Å². The number of para-hydroxylation sites is 1. The molecule has 27 heavy (non-hydrogen) atoms. The zero-order valence-electron chi connectivity index (χ0n) is 16.2. The summed E-state index contributed by atoms with van der Waals surface area (Å²) >= 11 is 0. The van der Waals surface area contributed by atoms with E-state index < -0.39 is 0 Å². The van der Waals surface area contributed by atoms with Crippen LogP contribution in [0.25, 0.3) is 10.9 Å². The maximum absolute atomic E-state index is 11.3. The van der Waals surface area contributed by atoms with Crippen LogP contribution in [-0.2, 0) is 4.79 Å². The van der Waals surface area contributed by atoms with E-state index >= 15 is 0 Å². The number of fused-ring (bicyclic) bond motifs is 1. The van der Waals surface area contributed by atoms with Gasteiger partial charge in [0.05, 0.1) is 5.52 Å². The Morgan fingerprint density at radius 3 is 2.59 bits per heavy atom. The average Bonchev–Trinajstić information content (AvgIpc) is 2.66.